The summed E-state index contributed by atoms with van der Waals surface area (Å²) in [7, 11) is 0. The molecule has 0 bridgehead atoms. The van der Waals surface area contributed by atoms with E-state index in [1.165, 1.54) is 24.3 Å². The van der Waals surface area contributed by atoms with Crippen molar-refractivity contribution in [2.45, 2.75) is 13.5 Å². The molecule has 5 nitrogen and oxygen atoms in total. The Labute approximate surface area is 156 Å². The van der Waals surface area contributed by atoms with E-state index in [1.807, 2.05) is 31.2 Å². The van der Waals surface area contributed by atoms with Gasteiger partial charge in [-0.1, -0.05) is 17.7 Å². The van der Waals surface area contributed by atoms with Crippen LogP contribution < -0.4 is 14.8 Å². The van der Waals surface area contributed by atoms with Crippen LogP contribution in [0.15, 0.2) is 65.1 Å². The predicted molar refractivity (Wildman–Crippen MR) is 98.4 cm³/mol. The minimum atomic E-state index is -0.328. The van der Waals surface area contributed by atoms with Crippen molar-refractivity contribution in [3.63, 3.8) is 0 Å². The van der Waals surface area contributed by atoms with Crippen LogP contribution in [0.4, 0.5) is 4.39 Å². The lowest BCUT2D eigenvalue weighted by Crippen LogP contribution is -2.27. The number of hydrogen-bond donors (Lipinski definition) is 1. The Morgan fingerprint density at radius 2 is 1.63 bits per heavy atom. The molecule has 1 amide bonds. The number of aryl methyl sites for hydroxylation is 1. The summed E-state index contributed by atoms with van der Waals surface area (Å²) in [5, 5.41) is 2.73. The van der Waals surface area contributed by atoms with Gasteiger partial charge in [-0.3, -0.25) is 4.79 Å². The van der Waals surface area contributed by atoms with Crippen LogP contribution >= 0.6 is 0 Å². The van der Waals surface area contributed by atoms with Gasteiger partial charge in [0.05, 0.1) is 6.54 Å². The van der Waals surface area contributed by atoms with Gasteiger partial charge in [-0.25, -0.2) is 4.39 Å². The molecule has 0 aliphatic heterocycles. The summed E-state index contributed by atoms with van der Waals surface area (Å²) in [6.45, 7) is 2.87. The minimum Gasteiger partial charge on any atom is -0.492 e. The summed E-state index contributed by atoms with van der Waals surface area (Å²) in [5.74, 6) is 1.32. The highest BCUT2D eigenvalue weighted by Crippen LogP contribution is 2.15. The van der Waals surface area contributed by atoms with Gasteiger partial charge in [-0.05, 0) is 55.5 Å². The first-order chi connectivity index (χ1) is 13.1. The van der Waals surface area contributed by atoms with E-state index in [4.69, 9.17) is 13.9 Å². The first kappa shape index (κ1) is 18.5. The third-order valence-electron chi connectivity index (χ3n) is 3.76. The van der Waals surface area contributed by atoms with Crippen molar-refractivity contribution in [3.8, 4) is 11.5 Å². The lowest BCUT2D eigenvalue weighted by atomic mass is 10.2. The summed E-state index contributed by atoms with van der Waals surface area (Å²) >= 11 is 0. The van der Waals surface area contributed by atoms with Gasteiger partial charge in [-0.15, -0.1) is 0 Å². The van der Waals surface area contributed by atoms with E-state index in [1.54, 1.807) is 12.1 Å². The molecule has 3 rings (SSSR count). The van der Waals surface area contributed by atoms with Gasteiger partial charge in [0.2, 0.25) is 0 Å². The fourth-order valence-electron chi connectivity index (χ4n) is 2.32. The zero-order chi connectivity index (χ0) is 19.1. The number of nitrogens with one attached hydrogen (secondary N) is 1. The summed E-state index contributed by atoms with van der Waals surface area (Å²) in [4.78, 5) is 12.1. The molecule has 0 aliphatic rings. The summed E-state index contributed by atoms with van der Waals surface area (Å²) in [5.41, 5.74) is 1.16. The molecule has 0 radical (unpaired) electrons. The van der Waals surface area contributed by atoms with Crippen molar-refractivity contribution < 1.29 is 23.1 Å². The van der Waals surface area contributed by atoms with Crippen LogP contribution in [0.2, 0.25) is 0 Å². The molecule has 1 N–H and O–H groups in total. The standard InChI is InChI=1S/C21H20FNO4/c1-15-2-6-17(7-3-15)25-13-12-23-21(24)20-11-10-19(27-20)14-26-18-8-4-16(22)5-9-18/h2-11H,12-14H2,1H3,(H,23,24). The molecule has 0 spiro atoms. The van der Waals surface area contributed by atoms with Crippen molar-refractivity contribution in [2.75, 3.05) is 13.2 Å². The Balaban J connectivity index is 1.41. The molecule has 27 heavy (non-hydrogen) atoms. The number of amides is 1. The number of furan rings is 1. The van der Waals surface area contributed by atoms with Crippen LogP contribution in [-0.2, 0) is 6.61 Å². The molecule has 0 aliphatic carbocycles. The molecule has 6 heteroatoms. The van der Waals surface area contributed by atoms with Crippen molar-refractivity contribution in [3.05, 3.63) is 83.6 Å². The summed E-state index contributed by atoms with van der Waals surface area (Å²) in [6.07, 6.45) is 0. The molecule has 1 aromatic heterocycles. The van der Waals surface area contributed by atoms with Crippen molar-refractivity contribution in [1.82, 2.24) is 5.32 Å². The van der Waals surface area contributed by atoms with Crippen LogP contribution in [0.3, 0.4) is 0 Å². The number of benzene rings is 2. The van der Waals surface area contributed by atoms with Crippen molar-refractivity contribution >= 4 is 5.91 Å². The Morgan fingerprint density at radius 3 is 2.37 bits per heavy atom. The number of rotatable bonds is 8. The van der Waals surface area contributed by atoms with Gasteiger partial charge >= 0.3 is 0 Å². The van der Waals surface area contributed by atoms with Crippen LogP contribution in [0.25, 0.3) is 0 Å². The molecular weight excluding hydrogens is 349 g/mol. The monoisotopic (exact) mass is 369 g/mol. The van der Waals surface area contributed by atoms with Crippen molar-refractivity contribution in [2.24, 2.45) is 0 Å². The average molecular weight is 369 g/mol. The number of ether oxygens (including phenoxy) is 2. The van der Waals surface area contributed by atoms with Gasteiger partial charge in [0.15, 0.2) is 5.76 Å². The fourth-order valence-corrected chi connectivity index (χ4v) is 2.32. The van der Waals surface area contributed by atoms with E-state index in [0.29, 0.717) is 24.7 Å². The smallest absolute Gasteiger partial charge is 0.287 e. The van der Waals surface area contributed by atoms with Gasteiger partial charge in [0, 0.05) is 0 Å². The largest absolute Gasteiger partial charge is 0.492 e. The highest BCUT2D eigenvalue weighted by Gasteiger charge is 2.11. The maximum Gasteiger partial charge on any atom is 0.287 e. The molecule has 0 fully saturated rings. The third-order valence-corrected chi connectivity index (χ3v) is 3.76. The van der Waals surface area contributed by atoms with Gasteiger partial charge < -0.3 is 19.2 Å². The topological polar surface area (TPSA) is 60.7 Å². The highest BCUT2D eigenvalue weighted by molar-refractivity contribution is 5.91. The van der Waals surface area contributed by atoms with Crippen LogP contribution in [0.1, 0.15) is 21.9 Å². The van der Waals surface area contributed by atoms with Gasteiger partial charge in [0.1, 0.15) is 36.3 Å². The normalized spacial score (nSPS) is 10.4. The lowest BCUT2D eigenvalue weighted by molar-refractivity contribution is 0.0915. The maximum absolute atomic E-state index is 12.9. The zero-order valence-corrected chi connectivity index (χ0v) is 14.9. The Hall–Kier alpha value is -3.28. The second-order valence-electron chi connectivity index (χ2n) is 5.93. The molecule has 0 atom stereocenters. The van der Waals surface area contributed by atoms with E-state index in [2.05, 4.69) is 5.32 Å². The van der Waals surface area contributed by atoms with E-state index >= 15 is 0 Å². The third kappa shape index (κ3) is 5.60. The second kappa shape index (κ2) is 8.89. The highest BCUT2D eigenvalue weighted by atomic mass is 19.1. The number of carbonyl (C=O) groups excluding carboxylic acids is 1. The SMILES string of the molecule is Cc1ccc(OCCNC(=O)c2ccc(COc3ccc(F)cc3)o2)cc1. The van der Waals surface area contributed by atoms with E-state index in [-0.39, 0.29) is 24.1 Å². The van der Waals surface area contributed by atoms with E-state index < -0.39 is 0 Å². The Bertz CT molecular complexity index is 872. The fraction of sp³-hybridized carbons (Fsp3) is 0.190. The first-order valence-electron chi connectivity index (χ1n) is 8.55. The Morgan fingerprint density at radius 1 is 0.963 bits per heavy atom. The zero-order valence-electron chi connectivity index (χ0n) is 14.9. The quantitative estimate of drug-likeness (QED) is 0.607. The number of carbonyl (C=O) groups is 1. The van der Waals surface area contributed by atoms with Crippen LogP contribution in [0.5, 0.6) is 11.5 Å². The number of halogens is 1. The lowest BCUT2D eigenvalue weighted by Gasteiger charge is -2.07. The molecule has 0 saturated carbocycles. The van der Waals surface area contributed by atoms with Crippen LogP contribution in [0, 0.1) is 12.7 Å². The first-order valence-corrected chi connectivity index (χ1v) is 8.55. The molecular formula is C21H20FNO4. The van der Waals surface area contributed by atoms with Gasteiger partial charge in [-0.2, -0.15) is 0 Å². The minimum absolute atomic E-state index is 0.148. The van der Waals surface area contributed by atoms with E-state index in [9.17, 15) is 9.18 Å². The molecule has 0 unspecified atom stereocenters. The molecule has 0 saturated heterocycles. The van der Waals surface area contributed by atoms with Gasteiger partial charge in [0.25, 0.3) is 5.91 Å². The average Bonchev–Trinajstić information content (AvgIpc) is 3.15. The maximum atomic E-state index is 12.9. The molecule has 1 heterocycles. The summed E-state index contributed by atoms with van der Waals surface area (Å²) < 4.78 is 29.4. The molecule has 3 aromatic rings. The Kier molecular flexibility index (Phi) is 6.10. The predicted octanol–water partition coefficient (Wildman–Crippen LogP) is 4.11. The molecule has 140 valence electrons. The van der Waals surface area contributed by atoms with Crippen molar-refractivity contribution in [1.29, 1.82) is 0 Å². The van der Waals surface area contributed by atoms with E-state index in [0.717, 1.165) is 11.3 Å². The van der Waals surface area contributed by atoms with Crippen LogP contribution in [-0.4, -0.2) is 19.1 Å². The summed E-state index contributed by atoms with van der Waals surface area (Å²) in [6, 6.07) is 16.6. The molecule has 2 aromatic carbocycles. The second-order valence-corrected chi connectivity index (χ2v) is 5.93. The number of hydrogen-bond acceptors (Lipinski definition) is 4.